The van der Waals surface area contributed by atoms with Gasteiger partial charge in [-0.05, 0) is 37.1 Å². The molecule has 1 heterocycles. The Hall–Kier alpha value is -1.94. The molecule has 0 fully saturated rings. The van der Waals surface area contributed by atoms with Crippen LogP contribution in [0.1, 0.15) is 22.9 Å². The molecule has 0 saturated carbocycles. The van der Waals surface area contributed by atoms with E-state index in [9.17, 15) is 0 Å². The molecule has 0 aliphatic rings. The molecule has 2 rings (SSSR count). The fourth-order valence-electron chi connectivity index (χ4n) is 2.04. The molecule has 0 bridgehead atoms. The minimum absolute atomic E-state index is 0.0875. The number of furan rings is 1. The highest BCUT2D eigenvalue weighted by molar-refractivity contribution is 5.43. The van der Waals surface area contributed by atoms with Gasteiger partial charge in [-0.15, -0.1) is 0 Å². The van der Waals surface area contributed by atoms with E-state index in [0.717, 1.165) is 34.8 Å². The number of hydrogen-bond donors (Lipinski definition) is 1. The summed E-state index contributed by atoms with van der Waals surface area (Å²) in [5.74, 6) is 2.31. The highest BCUT2D eigenvalue weighted by Crippen LogP contribution is 2.29. The summed E-state index contributed by atoms with van der Waals surface area (Å²) in [6.45, 7) is 1.91. The van der Waals surface area contributed by atoms with Gasteiger partial charge in [0, 0.05) is 11.6 Å². The Morgan fingerprint density at radius 1 is 1.16 bits per heavy atom. The molecule has 0 aliphatic carbocycles. The topological polar surface area (TPSA) is 57.6 Å². The fourth-order valence-corrected chi connectivity index (χ4v) is 2.04. The molecule has 102 valence electrons. The smallest absolute Gasteiger partial charge is 0.160 e. The third-order valence-corrected chi connectivity index (χ3v) is 3.08. The van der Waals surface area contributed by atoms with Crippen molar-refractivity contribution < 1.29 is 13.9 Å². The van der Waals surface area contributed by atoms with Gasteiger partial charge in [0.25, 0.3) is 0 Å². The molecular weight excluding hydrogens is 242 g/mol. The van der Waals surface area contributed by atoms with Gasteiger partial charge in [0.05, 0.1) is 20.5 Å². The number of ether oxygens (including phenoxy) is 2. The zero-order valence-electron chi connectivity index (χ0n) is 11.5. The zero-order valence-corrected chi connectivity index (χ0v) is 11.5. The van der Waals surface area contributed by atoms with Crippen LogP contribution in [0.25, 0.3) is 0 Å². The molecule has 1 atom stereocenters. The summed E-state index contributed by atoms with van der Waals surface area (Å²) < 4.78 is 15.8. The average molecular weight is 261 g/mol. The van der Waals surface area contributed by atoms with Gasteiger partial charge < -0.3 is 19.6 Å². The number of hydrogen-bond acceptors (Lipinski definition) is 4. The Morgan fingerprint density at radius 2 is 1.89 bits per heavy atom. The summed E-state index contributed by atoms with van der Waals surface area (Å²) in [6.07, 6.45) is 2.43. The minimum Gasteiger partial charge on any atom is -0.493 e. The second-order valence-electron chi connectivity index (χ2n) is 4.49. The monoisotopic (exact) mass is 261 g/mol. The van der Waals surface area contributed by atoms with Crippen LogP contribution in [0.4, 0.5) is 0 Å². The molecule has 0 saturated heterocycles. The van der Waals surface area contributed by atoms with Crippen molar-refractivity contribution >= 4 is 0 Å². The lowest BCUT2D eigenvalue weighted by molar-refractivity contribution is 0.354. The third kappa shape index (κ3) is 3.09. The molecule has 1 aromatic carbocycles. The van der Waals surface area contributed by atoms with Crippen molar-refractivity contribution in [3.63, 3.8) is 0 Å². The summed E-state index contributed by atoms with van der Waals surface area (Å²) in [4.78, 5) is 0. The average Bonchev–Trinajstić information content (AvgIpc) is 2.85. The lowest BCUT2D eigenvalue weighted by Crippen LogP contribution is -2.12. The number of benzene rings is 1. The molecule has 0 amide bonds. The van der Waals surface area contributed by atoms with Gasteiger partial charge in [-0.3, -0.25) is 0 Å². The van der Waals surface area contributed by atoms with E-state index in [0.29, 0.717) is 0 Å². The molecule has 2 N–H and O–H groups in total. The van der Waals surface area contributed by atoms with Crippen LogP contribution in [-0.4, -0.2) is 14.2 Å². The maximum absolute atomic E-state index is 6.17. The molecule has 19 heavy (non-hydrogen) atoms. The van der Waals surface area contributed by atoms with Gasteiger partial charge in [0.1, 0.15) is 5.76 Å². The SMILES string of the molecule is COc1ccc(CC(N)c2coc(C)c2)cc1OC. The van der Waals surface area contributed by atoms with Crippen LogP contribution in [0.5, 0.6) is 11.5 Å². The molecular formula is C15H19NO3. The van der Waals surface area contributed by atoms with Crippen LogP contribution < -0.4 is 15.2 Å². The first-order valence-electron chi connectivity index (χ1n) is 6.15. The van der Waals surface area contributed by atoms with Gasteiger partial charge in [0.15, 0.2) is 11.5 Å². The Morgan fingerprint density at radius 3 is 2.47 bits per heavy atom. The second-order valence-corrected chi connectivity index (χ2v) is 4.49. The molecule has 0 aliphatic heterocycles. The highest BCUT2D eigenvalue weighted by Gasteiger charge is 2.11. The van der Waals surface area contributed by atoms with E-state index in [1.807, 2.05) is 31.2 Å². The van der Waals surface area contributed by atoms with Crippen molar-refractivity contribution in [2.24, 2.45) is 5.73 Å². The number of rotatable bonds is 5. The second kappa shape index (κ2) is 5.80. The van der Waals surface area contributed by atoms with Crippen LogP contribution in [-0.2, 0) is 6.42 Å². The fraction of sp³-hybridized carbons (Fsp3) is 0.333. The lowest BCUT2D eigenvalue weighted by atomic mass is 10.0. The van der Waals surface area contributed by atoms with Crippen molar-refractivity contribution in [1.82, 2.24) is 0 Å². The van der Waals surface area contributed by atoms with E-state index in [2.05, 4.69) is 0 Å². The molecule has 4 heteroatoms. The first kappa shape index (κ1) is 13.5. The van der Waals surface area contributed by atoms with Crippen LogP contribution in [0.2, 0.25) is 0 Å². The van der Waals surface area contributed by atoms with E-state index in [1.54, 1.807) is 20.5 Å². The predicted molar refractivity (Wildman–Crippen MR) is 73.6 cm³/mol. The van der Waals surface area contributed by atoms with Gasteiger partial charge >= 0.3 is 0 Å². The highest BCUT2D eigenvalue weighted by atomic mass is 16.5. The number of aryl methyl sites for hydroxylation is 1. The van der Waals surface area contributed by atoms with Gasteiger partial charge in [-0.1, -0.05) is 6.07 Å². The predicted octanol–water partition coefficient (Wildman–Crippen LogP) is 2.85. The van der Waals surface area contributed by atoms with Crippen molar-refractivity contribution in [3.8, 4) is 11.5 Å². The van der Waals surface area contributed by atoms with Crippen LogP contribution in [0.3, 0.4) is 0 Å². The Bertz CT molecular complexity index is 548. The third-order valence-electron chi connectivity index (χ3n) is 3.08. The van der Waals surface area contributed by atoms with E-state index in [4.69, 9.17) is 19.6 Å². The van der Waals surface area contributed by atoms with Gasteiger partial charge in [-0.25, -0.2) is 0 Å². The summed E-state index contributed by atoms with van der Waals surface area (Å²) in [5.41, 5.74) is 8.28. The molecule has 0 radical (unpaired) electrons. The quantitative estimate of drug-likeness (QED) is 0.899. The molecule has 1 aromatic heterocycles. The first-order valence-corrected chi connectivity index (χ1v) is 6.15. The molecule has 4 nitrogen and oxygen atoms in total. The van der Waals surface area contributed by atoms with E-state index < -0.39 is 0 Å². The van der Waals surface area contributed by atoms with Crippen LogP contribution in [0.15, 0.2) is 34.9 Å². The molecule has 1 unspecified atom stereocenters. The maximum atomic E-state index is 6.17. The summed E-state index contributed by atoms with van der Waals surface area (Å²) in [7, 11) is 3.25. The summed E-state index contributed by atoms with van der Waals surface area (Å²) >= 11 is 0. The molecule has 2 aromatic rings. The normalized spacial score (nSPS) is 12.2. The van der Waals surface area contributed by atoms with E-state index in [1.165, 1.54) is 0 Å². The lowest BCUT2D eigenvalue weighted by Gasteiger charge is -2.12. The first-order chi connectivity index (χ1) is 9.13. The largest absolute Gasteiger partial charge is 0.493 e. The number of nitrogens with two attached hydrogens (primary N) is 1. The van der Waals surface area contributed by atoms with Gasteiger partial charge in [0.2, 0.25) is 0 Å². The van der Waals surface area contributed by atoms with Crippen molar-refractivity contribution in [2.45, 2.75) is 19.4 Å². The van der Waals surface area contributed by atoms with Crippen molar-refractivity contribution in [1.29, 1.82) is 0 Å². The standard InChI is InChI=1S/C15H19NO3/c1-10-6-12(9-19-10)13(16)7-11-4-5-14(17-2)15(8-11)18-3/h4-6,8-9,13H,7,16H2,1-3H3. The Balaban J connectivity index is 2.14. The minimum atomic E-state index is -0.0875. The summed E-state index contributed by atoms with van der Waals surface area (Å²) in [5, 5.41) is 0. The van der Waals surface area contributed by atoms with Crippen molar-refractivity contribution in [3.05, 3.63) is 47.4 Å². The number of methoxy groups -OCH3 is 2. The van der Waals surface area contributed by atoms with Crippen LogP contribution in [0, 0.1) is 6.92 Å². The molecule has 0 spiro atoms. The summed E-state index contributed by atoms with van der Waals surface area (Å²) in [6, 6.07) is 7.71. The Labute approximate surface area is 113 Å². The van der Waals surface area contributed by atoms with Crippen LogP contribution >= 0.6 is 0 Å². The van der Waals surface area contributed by atoms with E-state index in [-0.39, 0.29) is 6.04 Å². The van der Waals surface area contributed by atoms with Crippen molar-refractivity contribution in [2.75, 3.05) is 14.2 Å². The maximum Gasteiger partial charge on any atom is 0.160 e. The Kier molecular flexibility index (Phi) is 4.12. The van der Waals surface area contributed by atoms with E-state index >= 15 is 0 Å². The van der Waals surface area contributed by atoms with Gasteiger partial charge in [-0.2, -0.15) is 0 Å². The zero-order chi connectivity index (χ0) is 13.8.